The molecule has 0 spiro atoms. The molecule has 116 valence electrons. The molecule has 0 aliphatic heterocycles. The molecule has 2 fully saturated rings. The van der Waals surface area contributed by atoms with Gasteiger partial charge < -0.3 is 15.0 Å². The standard InChI is InChI=1S/C16H30N2O2/c1-4-12-5-9-14(10-6-12)18(2)11-15(16(19)20-3)17-13-7-8-13/h12-15,17H,4-11H2,1-3H3. The maximum atomic E-state index is 11.9. The number of hydrogen-bond donors (Lipinski definition) is 1. The van der Waals surface area contributed by atoms with E-state index in [1.54, 1.807) is 0 Å². The van der Waals surface area contributed by atoms with E-state index < -0.39 is 0 Å². The molecule has 2 saturated carbocycles. The van der Waals surface area contributed by atoms with Crippen molar-refractivity contribution in [3.8, 4) is 0 Å². The lowest BCUT2D eigenvalue weighted by molar-refractivity contribution is -0.143. The van der Waals surface area contributed by atoms with E-state index >= 15 is 0 Å². The van der Waals surface area contributed by atoms with Crippen molar-refractivity contribution in [2.75, 3.05) is 20.7 Å². The van der Waals surface area contributed by atoms with Gasteiger partial charge in [-0.05, 0) is 51.5 Å². The Bertz CT molecular complexity index is 310. The summed E-state index contributed by atoms with van der Waals surface area (Å²) in [5, 5.41) is 3.42. The van der Waals surface area contributed by atoms with Gasteiger partial charge in [0.25, 0.3) is 0 Å². The number of nitrogens with zero attached hydrogens (tertiary/aromatic N) is 1. The van der Waals surface area contributed by atoms with Crippen LogP contribution >= 0.6 is 0 Å². The first-order valence-corrected chi connectivity index (χ1v) is 8.18. The molecule has 2 rings (SSSR count). The Kier molecular flexibility index (Phi) is 5.85. The van der Waals surface area contributed by atoms with E-state index in [0.29, 0.717) is 12.1 Å². The summed E-state index contributed by atoms with van der Waals surface area (Å²) in [4.78, 5) is 14.2. The Balaban J connectivity index is 1.81. The first kappa shape index (κ1) is 15.8. The van der Waals surface area contributed by atoms with Crippen molar-refractivity contribution in [3.63, 3.8) is 0 Å². The van der Waals surface area contributed by atoms with Gasteiger partial charge in [-0.15, -0.1) is 0 Å². The molecular formula is C16H30N2O2. The normalized spacial score (nSPS) is 28.4. The second-order valence-corrected chi connectivity index (χ2v) is 6.54. The van der Waals surface area contributed by atoms with E-state index in [4.69, 9.17) is 4.74 Å². The monoisotopic (exact) mass is 282 g/mol. The second-order valence-electron chi connectivity index (χ2n) is 6.54. The van der Waals surface area contributed by atoms with Crippen LogP contribution in [0.2, 0.25) is 0 Å². The van der Waals surface area contributed by atoms with Crippen molar-refractivity contribution in [3.05, 3.63) is 0 Å². The summed E-state index contributed by atoms with van der Waals surface area (Å²) in [6.07, 6.45) is 8.91. The first-order valence-electron chi connectivity index (χ1n) is 8.18. The van der Waals surface area contributed by atoms with Crippen molar-refractivity contribution < 1.29 is 9.53 Å². The molecule has 4 nitrogen and oxygen atoms in total. The maximum Gasteiger partial charge on any atom is 0.324 e. The van der Waals surface area contributed by atoms with Crippen LogP contribution in [0.4, 0.5) is 0 Å². The molecule has 0 bridgehead atoms. The summed E-state index contributed by atoms with van der Waals surface area (Å²) >= 11 is 0. The molecular weight excluding hydrogens is 252 g/mol. The van der Waals surface area contributed by atoms with Crippen molar-refractivity contribution in [1.29, 1.82) is 0 Å². The molecule has 0 saturated heterocycles. The molecule has 2 aliphatic rings. The summed E-state index contributed by atoms with van der Waals surface area (Å²) in [6.45, 7) is 3.06. The Morgan fingerprint density at radius 1 is 1.25 bits per heavy atom. The molecule has 1 atom stereocenters. The van der Waals surface area contributed by atoms with Crippen LogP contribution in [0.5, 0.6) is 0 Å². The van der Waals surface area contributed by atoms with Gasteiger partial charge in [-0.1, -0.05) is 13.3 Å². The summed E-state index contributed by atoms with van der Waals surface area (Å²) < 4.78 is 4.94. The molecule has 0 aromatic heterocycles. The number of nitrogens with one attached hydrogen (secondary N) is 1. The molecule has 0 aromatic rings. The Morgan fingerprint density at radius 2 is 1.90 bits per heavy atom. The highest BCUT2D eigenvalue weighted by atomic mass is 16.5. The van der Waals surface area contributed by atoms with Gasteiger partial charge in [0, 0.05) is 18.6 Å². The third-order valence-corrected chi connectivity index (χ3v) is 4.99. The SMILES string of the molecule is CCC1CCC(N(C)CC(NC2CC2)C(=O)OC)CC1. The fourth-order valence-corrected chi connectivity index (χ4v) is 3.30. The van der Waals surface area contributed by atoms with Gasteiger partial charge in [-0.2, -0.15) is 0 Å². The quantitative estimate of drug-likeness (QED) is 0.727. The number of carbonyl (C=O) groups excluding carboxylic acids is 1. The third-order valence-electron chi connectivity index (χ3n) is 4.99. The van der Waals surface area contributed by atoms with Crippen molar-refractivity contribution in [2.24, 2.45) is 5.92 Å². The van der Waals surface area contributed by atoms with E-state index in [0.717, 1.165) is 12.5 Å². The average molecular weight is 282 g/mol. The van der Waals surface area contributed by atoms with Crippen LogP contribution < -0.4 is 5.32 Å². The van der Waals surface area contributed by atoms with E-state index in [1.165, 1.54) is 52.1 Å². The second kappa shape index (κ2) is 7.41. The number of rotatable bonds is 7. The highest BCUT2D eigenvalue weighted by Gasteiger charge is 2.31. The zero-order valence-electron chi connectivity index (χ0n) is 13.2. The van der Waals surface area contributed by atoms with Crippen LogP contribution in [0, 0.1) is 5.92 Å². The van der Waals surface area contributed by atoms with Gasteiger partial charge >= 0.3 is 5.97 Å². The van der Waals surface area contributed by atoms with Crippen molar-refractivity contribution in [2.45, 2.75) is 70.0 Å². The number of ether oxygens (including phenoxy) is 1. The van der Waals surface area contributed by atoms with Crippen LogP contribution in [-0.2, 0) is 9.53 Å². The van der Waals surface area contributed by atoms with Gasteiger partial charge in [0.15, 0.2) is 0 Å². The fourth-order valence-electron chi connectivity index (χ4n) is 3.30. The summed E-state index contributed by atoms with van der Waals surface area (Å²) in [6, 6.07) is 0.996. The number of hydrogen-bond acceptors (Lipinski definition) is 4. The first-order chi connectivity index (χ1) is 9.63. The zero-order chi connectivity index (χ0) is 14.5. The lowest BCUT2D eigenvalue weighted by Gasteiger charge is -2.35. The van der Waals surface area contributed by atoms with E-state index in [1.807, 2.05) is 0 Å². The topological polar surface area (TPSA) is 41.6 Å². The van der Waals surface area contributed by atoms with E-state index in [2.05, 4.69) is 24.2 Å². The Morgan fingerprint density at radius 3 is 2.40 bits per heavy atom. The predicted molar refractivity (Wildman–Crippen MR) is 80.6 cm³/mol. The molecule has 1 unspecified atom stereocenters. The van der Waals surface area contributed by atoms with Crippen molar-refractivity contribution >= 4 is 5.97 Å². The highest BCUT2D eigenvalue weighted by Crippen LogP contribution is 2.29. The van der Waals surface area contributed by atoms with Crippen LogP contribution in [0.3, 0.4) is 0 Å². The van der Waals surface area contributed by atoms with Gasteiger partial charge in [0.1, 0.15) is 6.04 Å². The number of methoxy groups -OCH3 is 1. The lowest BCUT2D eigenvalue weighted by atomic mass is 9.84. The van der Waals surface area contributed by atoms with Crippen LogP contribution in [0.1, 0.15) is 51.9 Å². The van der Waals surface area contributed by atoms with Crippen LogP contribution in [-0.4, -0.2) is 49.7 Å². The van der Waals surface area contributed by atoms with Gasteiger partial charge in [0.05, 0.1) is 7.11 Å². The summed E-state index contributed by atoms with van der Waals surface area (Å²) in [7, 11) is 3.64. The largest absolute Gasteiger partial charge is 0.468 e. The van der Waals surface area contributed by atoms with Crippen LogP contribution in [0.15, 0.2) is 0 Å². The molecule has 0 amide bonds. The minimum Gasteiger partial charge on any atom is -0.468 e. The molecule has 0 heterocycles. The van der Waals surface area contributed by atoms with E-state index in [-0.39, 0.29) is 12.0 Å². The highest BCUT2D eigenvalue weighted by molar-refractivity contribution is 5.76. The van der Waals surface area contributed by atoms with Gasteiger partial charge in [-0.3, -0.25) is 4.79 Å². The predicted octanol–water partition coefficient (Wildman–Crippen LogP) is 2.18. The van der Waals surface area contributed by atoms with Crippen LogP contribution in [0.25, 0.3) is 0 Å². The third kappa shape index (κ3) is 4.45. The minimum absolute atomic E-state index is 0.119. The molecule has 20 heavy (non-hydrogen) atoms. The van der Waals surface area contributed by atoms with E-state index in [9.17, 15) is 4.79 Å². The van der Waals surface area contributed by atoms with Gasteiger partial charge in [-0.25, -0.2) is 0 Å². The van der Waals surface area contributed by atoms with Gasteiger partial charge in [0.2, 0.25) is 0 Å². The zero-order valence-corrected chi connectivity index (χ0v) is 13.2. The smallest absolute Gasteiger partial charge is 0.324 e. The average Bonchev–Trinajstić information content (AvgIpc) is 3.29. The lowest BCUT2D eigenvalue weighted by Crippen LogP contribution is -2.49. The molecule has 4 heteroatoms. The fraction of sp³-hybridized carbons (Fsp3) is 0.938. The number of carbonyl (C=O) groups is 1. The summed E-state index contributed by atoms with van der Waals surface area (Å²) in [5.74, 6) is 0.798. The molecule has 2 aliphatic carbocycles. The number of likely N-dealkylation sites (N-methyl/N-ethyl adjacent to an activating group) is 1. The minimum atomic E-state index is -0.165. The molecule has 1 N–H and O–H groups in total. The maximum absolute atomic E-state index is 11.9. The number of esters is 1. The molecule has 0 radical (unpaired) electrons. The van der Waals surface area contributed by atoms with Crippen molar-refractivity contribution in [1.82, 2.24) is 10.2 Å². The Labute approximate surface area is 123 Å². The summed E-state index contributed by atoms with van der Waals surface area (Å²) in [5.41, 5.74) is 0. The Hall–Kier alpha value is -0.610. The molecule has 0 aromatic carbocycles.